The van der Waals surface area contributed by atoms with Crippen molar-refractivity contribution in [1.82, 2.24) is 10.2 Å². The molecule has 1 atom stereocenters. The summed E-state index contributed by atoms with van der Waals surface area (Å²) in [5.74, 6) is 2.55. The zero-order valence-corrected chi connectivity index (χ0v) is 22.1. The van der Waals surface area contributed by atoms with Crippen LogP contribution in [0.1, 0.15) is 42.9 Å². The molecule has 2 aromatic rings. The molecule has 4 rings (SSSR count). The lowest BCUT2D eigenvalue weighted by Gasteiger charge is -2.30. The largest absolute Gasteiger partial charge is 0.497 e. The number of methoxy groups -OCH3 is 4. The number of nitrogens with one attached hydrogen (secondary N) is 1. The standard InChI is InChI=1S/C29H36N2O5/c1-18-23(12-19-13-26(34-4)29(36-6)27(14-19)35-5)22-10-9-21(33-3)15-25(22)24(18)16-28(32)30-20-8-7-11-31(2)17-20/h9-10,12-15,20H,7-8,11,16-17H2,1-6H3,(H,30,32)/b23-12-/t20-/m1/s1. The molecule has 0 spiro atoms. The first-order chi connectivity index (χ1) is 17.4. The van der Waals surface area contributed by atoms with Crippen molar-refractivity contribution >= 4 is 23.1 Å². The topological polar surface area (TPSA) is 69.3 Å². The number of fused-ring (bicyclic) bond motifs is 1. The second kappa shape index (κ2) is 11.1. The summed E-state index contributed by atoms with van der Waals surface area (Å²) in [5.41, 5.74) is 6.16. The third-order valence-corrected chi connectivity index (χ3v) is 7.02. The van der Waals surface area contributed by atoms with Gasteiger partial charge < -0.3 is 29.2 Å². The van der Waals surface area contributed by atoms with Gasteiger partial charge in [0.25, 0.3) is 0 Å². The lowest BCUT2D eigenvalue weighted by atomic mass is 10.00. The van der Waals surface area contributed by atoms with E-state index in [2.05, 4.69) is 36.3 Å². The van der Waals surface area contributed by atoms with Gasteiger partial charge >= 0.3 is 0 Å². The highest BCUT2D eigenvalue weighted by molar-refractivity contribution is 6.08. The smallest absolute Gasteiger partial charge is 0.224 e. The molecule has 7 heteroatoms. The fraction of sp³-hybridized carbons (Fsp3) is 0.414. The van der Waals surface area contributed by atoms with Gasteiger partial charge in [0.15, 0.2) is 11.5 Å². The summed E-state index contributed by atoms with van der Waals surface area (Å²) >= 11 is 0. The summed E-state index contributed by atoms with van der Waals surface area (Å²) in [6, 6.07) is 10.1. The lowest BCUT2D eigenvalue weighted by molar-refractivity contribution is -0.121. The number of rotatable bonds is 8. The third kappa shape index (κ3) is 5.21. The normalized spacial score (nSPS) is 18.7. The number of carbonyl (C=O) groups is 1. The zero-order chi connectivity index (χ0) is 25.8. The minimum atomic E-state index is 0.0486. The van der Waals surface area contributed by atoms with Crippen LogP contribution < -0.4 is 24.3 Å². The summed E-state index contributed by atoms with van der Waals surface area (Å²) in [6.45, 7) is 4.05. The molecule has 0 bridgehead atoms. The molecule has 36 heavy (non-hydrogen) atoms. The molecule has 1 aliphatic carbocycles. The Morgan fingerprint density at radius 2 is 1.75 bits per heavy atom. The van der Waals surface area contributed by atoms with Gasteiger partial charge in [0.05, 0.1) is 34.9 Å². The quantitative estimate of drug-likeness (QED) is 0.579. The Morgan fingerprint density at radius 3 is 2.36 bits per heavy atom. The van der Waals surface area contributed by atoms with Gasteiger partial charge in [-0.05, 0) is 97.1 Å². The van der Waals surface area contributed by atoms with Crippen LogP contribution in [0.2, 0.25) is 0 Å². The second-order valence-electron chi connectivity index (χ2n) is 9.38. The van der Waals surface area contributed by atoms with Crippen molar-refractivity contribution in [1.29, 1.82) is 0 Å². The Bertz CT molecular complexity index is 1180. The molecule has 1 fully saturated rings. The summed E-state index contributed by atoms with van der Waals surface area (Å²) in [6.07, 6.45) is 4.54. The van der Waals surface area contributed by atoms with Gasteiger partial charge in [0, 0.05) is 12.6 Å². The first-order valence-electron chi connectivity index (χ1n) is 12.3. The fourth-order valence-corrected chi connectivity index (χ4v) is 5.19. The molecule has 7 nitrogen and oxygen atoms in total. The van der Waals surface area contributed by atoms with Gasteiger partial charge in [-0.1, -0.05) is 6.07 Å². The van der Waals surface area contributed by atoms with Crippen molar-refractivity contribution in [3.05, 3.63) is 52.6 Å². The van der Waals surface area contributed by atoms with Crippen LogP contribution in [0.5, 0.6) is 23.0 Å². The third-order valence-electron chi connectivity index (χ3n) is 7.02. The predicted octanol–water partition coefficient (Wildman–Crippen LogP) is 4.65. The van der Waals surface area contributed by atoms with Crippen molar-refractivity contribution in [2.24, 2.45) is 0 Å². The molecule has 1 aliphatic heterocycles. The van der Waals surface area contributed by atoms with E-state index in [0.29, 0.717) is 23.7 Å². The van der Waals surface area contributed by atoms with Crippen molar-refractivity contribution in [3.63, 3.8) is 0 Å². The molecule has 0 radical (unpaired) electrons. The van der Waals surface area contributed by atoms with Crippen LogP contribution in [0.3, 0.4) is 0 Å². The van der Waals surface area contributed by atoms with Crippen LogP contribution in [0.4, 0.5) is 0 Å². The SMILES string of the molecule is COc1ccc2c(c1)C(CC(=O)N[C@@H]1CCCN(C)C1)=C(C)/C2=C/c1cc(OC)c(OC)c(OC)c1. The van der Waals surface area contributed by atoms with Crippen molar-refractivity contribution in [2.75, 3.05) is 48.6 Å². The average Bonchev–Trinajstić information content (AvgIpc) is 3.13. The summed E-state index contributed by atoms with van der Waals surface area (Å²) in [7, 11) is 8.57. The van der Waals surface area contributed by atoms with Gasteiger partial charge in [-0.25, -0.2) is 0 Å². The first kappa shape index (κ1) is 25.6. The highest BCUT2D eigenvalue weighted by atomic mass is 16.5. The maximum Gasteiger partial charge on any atom is 0.224 e. The zero-order valence-electron chi connectivity index (χ0n) is 22.1. The molecular weight excluding hydrogens is 456 g/mol. The van der Waals surface area contributed by atoms with Crippen LogP contribution in [-0.4, -0.2) is 65.4 Å². The van der Waals surface area contributed by atoms with Gasteiger partial charge in [-0.3, -0.25) is 4.79 Å². The second-order valence-corrected chi connectivity index (χ2v) is 9.38. The summed E-state index contributed by atoms with van der Waals surface area (Å²) in [4.78, 5) is 15.4. The molecule has 2 aliphatic rings. The molecular formula is C29H36N2O5. The number of hydrogen-bond acceptors (Lipinski definition) is 6. The highest BCUT2D eigenvalue weighted by Gasteiger charge is 2.27. The Hall–Kier alpha value is -3.45. The van der Waals surface area contributed by atoms with Gasteiger partial charge in [0.2, 0.25) is 11.7 Å². The van der Waals surface area contributed by atoms with E-state index in [0.717, 1.165) is 65.1 Å². The lowest BCUT2D eigenvalue weighted by Crippen LogP contribution is -2.46. The van der Waals surface area contributed by atoms with E-state index in [9.17, 15) is 4.79 Å². The molecule has 1 amide bonds. The summed E-state index contributed by atoms with van der Waals surface area (Å²) in [5, 5.41) is 3.25. The van der Waals surface area contributed by atoms with E-state index in [1.165, 1.54) is 0 Å². The first-order valence-corrected chi connectivity index (χ1v) is 12.3. The molecule has 0 saturated carbocycles. The average molecular weight is 493 g/mol. The van der Waals surface area contributed by atoms with E-state index in [-0.39, 0.29) is 11.9 Å². The number of allylic oxidation sites excluding steroid dienone is 2. The maximum atomic E-state index is 13.1. The Balaban J connectivity index is 1.71. The van der Waals surface area contributed by atoms with Crippen LogP contribution >= 0.6 is 0 Å². The molecule has 192 valence electrons. The van der Waals surface area contributed by atoms with Crippen LogP contribution in [0, 0.1) is 0 Å². The number of amides is 1. The number of hydrogen-bond donors (Lipinski definition) is 1. The number of piperidine rings is 1. The van der Waals surface area contributed by atoms with Crippen molar-refractivity contribution < 1.29 is 23.7 Å². The predicted molar refractivity (Wildman–Crippen MR) is 143 cm³/mol. The van der Waals surface area contributed by atoms with E-state index in [4.69, 9.17) is 18.9 Å². The molecule has 0 aromatic heterocycles. The molecule has 1 saturated heterocycles. The molecule has 1 heterocycles. The number of likely N-dealkylation sites (tertiary alicyclic amines) is 1. The number of nitrogens with zero attached hydrogens (tertiary/aromatic N) is 1. The minimum absolute atomic E-state index is 0.0486. The minimum Gasteiger partial charge on any atom is -0.497 e. The Morgan fingerprint density at radius 1 is 1.03 bits per heavy atom. The molecule has 0 unspecified atom stereocenters. The Labute approximate surface area is 213 Å². The monoisotopic (exact) mass is 492 g/mol. The number of ether oxygens (including phenoxy) is 4. The molecule has 1 N–H and O–H groups in total. The van der Waals surface area contributed by atoms with E-state index in [1.807, 2.05) is 24.3 Å². The van der Waals surface area contributed by atoms with Crippen LogP contribution in [0.25, 0.3) is 17.2 Å². The maximum absolute atomic E-state index is 13.1. The van der Waals surface area contributed by atoms with Crippen molar-refractivity contribution in [3.8, 4) is 23.0 Å². The number of likely N-dealkylation sites (N-methyl/N-ethyl adjacent to an activating group) is 1. The van der Waals surface area contributed by atoms with E-state index in [1.54, 1.807) is 28.4 Å². The Kier molecular flexibility index (Phi) is 7.89. The number of benzene rings is 2. The fourth-order valence-electron chi connectivity index (χ4n) is 5.19. The van der Waals surface area contributed by atoms with E-state index < -0.39 is 0 Å². The molecule has 2 aromatic carbocycles. The van der Waals surface area contributed by atoms with Gasteiger partial charge in [0.1, 0.15) is 5.75 Å². The summed E-state index contributed by atoms with van der Waals surface area (Å²) < 4.78 is 22.1. The van der Waals surface area contributed by atoms with Gasteiger partial charge in [-0.2, -0.15) is 0 Å². The van der Waals surface area contributed by atoms with Gasteiger partial charge in [-0.15, -0.1) is 0 Å². The highest BCUT2D eigenvalue weighted by Crippen LogP contribution is 2.46. The van der Waals surface area contributed by atoms with Crippen LogP contribution in [-0.2, 0) is 4.79 Å². The van der Waals surface area contributed by atoms with Crippen LogP contribution in [0.15, 0.2) is 35.9 Å². The number of carbonyl (C=O) groups excluding carboxylic acids is 1. The van der Waals surface area contributed by atoms with Crippen molar-refractivity contribution in [2.45, 2.75) is 32.2 Å². The van der Waals surface area contributed by atoms with E-state index >= 15 is 0 Å².